The average molecular weight is 214 g/mol. The van der Waals surface area contributed by atoms with E-state index in [-0.39, 0.29) is 0 Å². The number of nitrogens with zero attached hydrogens (tertiary/aromatic N) is 2. The molecule has 0 amide bonds. The summed E-state index contributed by atoms with van der Waals surface area (Å²) < 4.78 is 0. The molecule has 4 heteroatoms. The number of aryl methyl sites for hydroxylation is 1. The first-order valence-corrected chi connectivity index (χ1v) is 5.35. The van der Waals surface area contributed by atoms with Crippen LogP contribution in [0.2, 0.25) is 5.28 Å². The van der Waals surface area contributed by atoms with E-state index in [0.29, 0.717) is 5.28 Å². The van der Waals surface area contributed by atoms with Crippen LogP contribution in [0.25, 0.3) is 0 Å². The molecule has 0 aromatic carbocycles. The molecule has 3 nitrogen and oxygen atoms in total. The molecule has 0 bridgehead atoms. The second kappa shape index (κ2) is 5.81. The number of anilines is 1. The molecule has 1 N–H and O–H groups in total. The van der Waals surface area contributed by atoms with E-state index in [2.05, 4.69) is 22.2 Å². The van der Waals surface area contributed by atoms with Gasteiger partial charge < -0.3 is 5.32 Å². The lowest BCUT2D eigenvalue weighted by Gasteiger charge is -2.05. The molecule has 0 saturated carbocycles. The minimum absolute atomic E-state index is 0.308. The molecule has 0 spiro atoms. The van der Waals surface area contributed by atoms with Crippen molar-refractivity contribution in [1.29, 1.82) is 0 Å². The lowest BCUT2D eigenvalue weighted by atomic mass is 10.2. The Morgan fingerprint density at radius 3 is 2.79 bits per heavy atom. The minimum atomic E-state index is 0.308. The van der Waals surface area contributed by atoms with Crippen molar-refractivity contribution in [3.63, 3.8) is 0 Å². The lowest BCUT2D eigenvalue weighted by molar-refractivity contribution is 0.742. The fourth-order valence-corrected chi connectivity index (χ4v) is 1.44. The Hall–Kier alpha value is -0.830. The summed E-state index contributed by atoms with van der Waals surface area (Å²) in [6.07, 6.45) is 3.63. The van der Waals surface area contributed by atoms with E-state index in [9.17, 15) is 0 Å². The van der Waals surface area contributed by atoms with Crippen LogP contribution in [0.5, 0.6) is 0 Å². The molecule has 1 rings (SSSR count). The zero-order valence-corrected chi connectivity index (χ0v) is 9.43. The normalized spacial score (nSPS) is 10.2. The first-order valence-electron chi connectivity index (χ1n) is 4.97. The first kappa shape index (κ1) is 11.2. The standard InChI is InChI=1S/C10H16ClN3/c1-3-4-5-6-12-9-7-8(2)13-10(11)14-9/h7H,3-6H2,1-2H3,(H,12,13,14). The second-order valence-electron chi connectivity index (χ2n) is 3.30. The van der Waals surface area contributed by atoms with Gasteiger partial charge in [0.15, 0.2) is 0 Å². The van der Waals surface area contributed by atoms with Gasteiger partial charge in [0.2, 0.25) is 5.28 Å². The summed E-state index contributed by atoms with van der Waals surface area (Å²) in [5, 5.41) is 3.53. The van der Waals surface area contributed by atoms with Crippen LogP contribution >= 0.6 is 11.6 Å². The van der Waals surface area contributed by atoms with Gasteiger partial charge in [0.05, 0.1) is 0 Å². The van der Waals surface area contributed by atoms with Gasteiger partial charge in [-0.1, -0.05) is 19.8 Å². The molecule has 14 heavy (non-hydrogen) atoms. The lowest BCUT2D eigenvalue weighted by Crippen LogP contribution is -2.04. The van der Waals surface area contributed by atoms with Crippen molar-refractivity contribution >= 4 is 17.4 Å². The highest BCUT2D eigenvalue weighted by Crippen LogP contribution is 2.09. The number of hydrogen-bond donors (Lipinski definition) is 1. The third-order valence-electron chi connectivity index (χ3n) is 1.91. The van der Waals surface area contributed by atoms with Crippen LogP contribution in [0.3, 0.4) is 0 Å². The SMILES string of the molecule is CCCCCNc1cc(C)nc(Cl)n1. The van der Waals surface area contributed by atoms with Crippen LogP contribution in [0.4, 0.5) is 5.82 Å². The van der Waals surface area contributed by atoms with E-state index in [4.69, 9.17) is 11.6 Å². The predicted octanol–water partition coefficient (Wildman–Crippen LogP) is 3.04. The molecule has 0 saturated heterocycles. The number of halogens is 1. The predicted molar refractivity (Wildman–Crippen MR) is 59.8 cm³/mol. The first-order chi connectivity index (χ1) is 6.72. The van der Waals surface area contributed by atoms with E-state index in [1.807, 2.05) is 13.0 Å². The van der Waals surface area contributed by atoms with Gasteiger partial charge in [0, 0.05) is 18.3 Å². The van der Waals surface area contributed by atoms with E-state index < -0.39 is 0 Å². The van der Waals surface area contributed by atoms with Crippen LogP contribution in [0.15, 0.2) is 6.07 Å². The number of aromatic nitrogens is 2. The number of hydrogen-bond acceptors (Lipinski definition) is 3. The van der Waals surface area contributed by atoms with Gasteiger partial charge in [-0.25, -0.2) is 9.97 Å². The largest absolute Gasteiger partial charge is 0.370 e. The van der Waals surface area contributed by atoms with Crippen LogP contribution in [-0.4, -0.2) is 16.5 Å². The van der Waals surface area contributed by atoms with Gasteiger partial charge in [0.25, 0.3) is 0 Å². The Bertz CT molecular complexity index is 268. The second-order valence-corrected chi connectivity index (χ2v) is 3.64. The number of nitrogens with one attached hydrogen (secondary N) is 1. The molecule has 1 heterocycles. The quantitative estimate of drug-likeness (QED) is 0.604. The van der Waals surface area contributed by atoms with E-state index in [1.165, 1.54) is 12.8 Å². The number of unbranched alkanes of at least 4 members (excludes halogenated alkanes) is 2. The molecule has 0 aliphatic heterocycles. The molecule has 0 atom stereocenters. The van der Waals surface area contributed by atoms with E-state index >= 15 is 0 Å². The third kappa shape index (κ3) is 3.92. The maximum Gasteiger partial charge on any atom is 0.224 e. The Morgan fingerprint density at radius 2 is 2.14 bits per heavy atom. The molecule has 1 aromatic rings. The fraction of sp³-hybridized carbons (Fsp3) is 0.600. The highest BCUT2D eigenvalue weighted by molar-refractivity contribution is 6.28. The Labute approximate surface area is 89.9 Å². The van der Waals surface area contributed by atoms with Gasteiger partial charge in [-0.05, 0) is 24.9 Å². The molecule has 0 aliphatic rings. The zero-order chi connectivity index (χ0) is 10.4. The Morgan fingerprint density at radius 1 is 1.36 bits per heavy atom. The van der Waals surface area contributed by atoms with E-state index in [0.717, 1.165) is 24.5 Å². The van der Waals surface area contributed by atoms with Gasteiger partial charge in [0.1, 0.15) is 5.82 Å². The molecular formula is C10H16ClN3. The fourth-order valence-electron chi connectivity index (χ4n) is 1.21. The van der Waals surface area contributed by atoms with Gasteiger partial charge in [-0.3, -0.25) is 0 Å². The monoisotopic (exact) mass is 213 g/mol. The molecule has 0 fully saturated rings. The topological polar surface area (TPSA) is 37.8 Å². The molecule has 1 aromatic heterocycles. The van der Waals surface area contributed by atoms with Crippen molar-refractivity contribution in [3.8, 4) is 0 Å². The van der Waals surface area contributed by atoms with Crippen LogP contribution in [-0.2, 0) is 0 Å². The third-order valence-corrected chi connectivity index (χ3v) is 2.08. The summed E-state index contributed by atoms with van der Waals surface area (Å²) in [5.41, 5.74) is 0.892. The Kier molecular flexibility index (Phi) is 4.66. The van der Waals surface area contributed by atoms with E-state index in [1.54, 1.807) is 0 Å². The molecular weight excluding hydrogens is 198 g/mol. The summed E-state index contributed by atoms with van der Waals surface area (Å²) in [5.74, 6) is 0.818. The minimum Gasteiger partial charge on any atom is -0.370 e. The summed E-state index contributed by atoms with van der Waals surface area (Å²) in [4.78, 5) is 8.07. The summed E-state index contributed by atoms with van der Waals surface area (Å²) in [6, 6.07) is 1.90. The van der Waals surface area contributed by atoms with Crippen LogP contribution in [0.1, 0.15) is 31.9 Å². The van der Waals surface area contributed by atoms with Crippen molar-refractivity contribution < 1.29 is 0 Å². The highest BCUT2D eigenvalue weighted by atomic mass is 35.5. The summed E-state index contributed by atoms with van der Waals surface area (Å²) in [7, 11) is 0. The number of rotatable bonds is 5. The highest BCUT2D eigenvalue weighted by Gasteiger charge is 1.98. The summed E-state index contributed by atoms with van der Waals surface area (Å²) >= 11 is 5.73. The van der Waals surface area contributed by atoms with Gasteiger partial charge >= 0.3 is 0 Å². The van der Waals surface area contributed by atoms with Crippen LogP contribution < -0.4 is 5.32 Å². The molecule has 78 valence electrons. The maximum absolute atomic E-state index is 5.73. The van der Waals surface area contributed by atoms with Crippen molar-refractivity contribution in [3.05, 3.63) is 17.0 Å². The van der Waals surface area contributed by atoms with Gasteiger partial charge in [-0.15, -0.1) is 0 Å². The van der Waals surface area contributed by atoms with Crippen molar-refractivity contribution in [2.75, 3.05) is 11.9 Å². The molecule has 0 unspecified atom stereocenters. The smallest absolute Gasteiger partial charge is 0.224 e. The average Bonchev–Trinajstić information content (AvgIpc) is 2.11. The van der Waals surface area contributed by atoms with Crippen molar-refractivity contribution in [1.82, 2.24) is 9.97 Å². The summed E-state index contributed by atoms with van der Waals surface area (Å²) in [6.45, 7) is 5.04. The van der Waals surface area contributed by atoms with Crippen molar-refractivity contribution in [2.45, 2.75) is 33.1 Å². The van der Waals surface area contributed by atoms with Gasteiger partial charge in [-0.2, -0.15) is 0 Å². The molecule has 0 aliphatic carbocycles. The van der Waals surface area contributed by atoms with Crippen LogP contribution in [0, 0.1) is 6.92 Å². The Balaban J connectivity index is 2.42. The zero-order valence-electron chi connectivity index (χ0n) is 8.68. The maximum atomic E-state index is 5.73. The molecule has 0 radical (unpaired) electrons. The van der Waals surface area contributed by atoms with Crippen molar-refractivity contribution in [2.24, 2.45) is 0 Å².